The fourth-order valence-corrected chi connectivity index (χ4v) is 3.83. The Morgan fingerprint density at radius 2 is 1.93 bits per heavy atom. The van der Waals surface area contributed by atoms with Crippen LogP contribution in [0.15, 0.2) is 22.7 Å². The molecule has 2 aromatic rings. The van der Waals surface area contributed by atoms with Crippen molar-refractivity contribution in [1.29, 1.82) is 0 Å². The van der Waals surface area contributed by atoms with Crippen LogP contribution in [0.2, 0.25) is 5.02 Å². The first kappa shape index (κ1) is 21.3. The summed E-state index contributed by atoms with van der Waals surface area (Å²) < 4.78 is 24.5. The van der Waals surface area contributed by atoms with Gasteiger partial charge in [0.1, 0.15) is 22.8 Å². The van der Waals surface area contributed by atoms with Crippen LogP contribution in [0, 0.1) is 12.7 Å². The number of nitrogens with zero attached hydrogens (tertiary/aromatic N) is 1. The first-order chi connectivity index (χ1) is 14.0. The van der Waals surface area contributed by atoms with Gasteiger partial charge in [0.15, 0.2) is 6.61 Å². The molecule has 0 spiro atoms. The van der Waals surface area contributed by atoms with E-state index < -0.39 is 18.4 Å². The third-order valence-corrected chi connectivity index (χ3v) is 5.39. The molecule has 1 aromatic carbocycles. The van der Waals surface area contributed by atoms with E-state index in [-0.39, 0.29) is 39.6 Å². The standard InChI is InChI=1S/C21H24ClFN2O4/c1-13-18(20(25-29-13)19-15(22)10-7-11-16(19)23)21(27)28-12-17(26)24-14-8-5-3-2-4-6-9-14/h7,10-11,14H,2-6,8-9,12H2,1H3,(H,24,26). The average molecular weight is 423 g/mol. The van der Waals surface area contributed by atoms with Crippen molar-refractivity contribution in [2.24, 2.45) is 0 Å². The summed E-state index contributed by atoms with van der Waals surface area (Å²) in [7, 11) is 0. The highest BCUT2D eigenvalue weighted by Gasteiger charge is 2.27. The number of halogens is 2. The van der Waals surface area contributed by atoms with Crippen LogP contribution in [-0.4, -0.2) is 29.7 Å². The van der Waals surface area contributed by atoms with Crippen LogP contribution in [0.4, 0.5) is 4.39 Å². The van der Waals surface area contributed by atoms with Crippen molar-refractivity contribution >= 4 is 23.5 Å². The van der Waals surface area contributed by atoms with Crippen molar-refractivity contribution in [3.63, 3.8) is 0 Å². The Kier molecular flexibility index (Phi) is 7.25. The predicted octanol–water partition coefficient (Wildman–Crippen LogP) is 4.83. The van der Waals surface area contributed by atoms with E-state index in [0.717, 1.165) is 25.7 Å². The summed E-state index contributed by atoms with van der Waals surface area (Å²) in [6.07, 6.45) is 7.62. The number of hydrogen-bond donors (Lipinski definition) is 1. The Labute approximate surface area is 173 Å². The van der Waals surface area contributed by atoms with E-state index in [9.17, 15) is 14.0 Å². The Bertz CT molecular complexity index is 855. The summed E-state index contributed by atoms with van der Waals surface area (Å²) in [6.45, 7) is 1.08. The number of esters is 1. The van der Waals surface area contributed by atoms with Gasteiger partial charge in [-0.1, -0.05) is 54.9 Å². The second-order valence-electron chi connectivity index (χ2n) is 7.24. The van der Waals surface area contributed by atoms with Crippen molar-refractivity contribution in [3.8, 4) is 11.3 Å². The van der Waals surface area contributed by atoms with Crippen LogP contribution in [0.5, 0.6) is 0 Å². The summed E-state index contributed by atoms with van der Waals surface area (Å²) >= 11 is 6.07. The van der Waals surface area contributed by atoms with Crippen molar-refractivity contribution < 1.29 is 23.2 Å². The SMILES string of the molecule is Cc1onc(-c2c(F)cccc2Cl)c1C(=O)OCC(=O)NC1CCCCCCC1. The van der Waals surface area contributed by atoms with Gasteiger partial charge in [0, 0.05) is 6.04 Å². The van der Waals surface area contributed by atoms with Gasteiger partial charge in [-0.15, -0.1) is 0 Å². The second kappa shape index (κ2) is 9.87. The van der Waals surface area contributed by atoms with E-state index in [1.165, 1.54) is 44.4 Å². The van der Waals surface area contributed by atoms with Crippen molar-refractivity contribution in [1.82, 2.24) is 10.5 Å². The average Bonchev–Trinajstić information content (AvgIpc) is 3.03. The lowest BCUT2D eigenvalue weighted by Gasteiger charge is -2.20. The number of rotatable bonds is 5. The van der Waals surface area contributed by atoms with Crippen LogP contribution >= 0.6 is 11.6 Å². The molecule has 1 aliphatic carbocycles. The third-order valence-electron chi connectivity index (χ3n) is 5.07. The van der Waals surface area contributed by atoms with Crippen LogP contribution in [0.1, 0.15) is 61.1 Å². The highest BCUT2D eigenvalue weighted by molar-refractivity contribution is 6.33. The van der Waals surface area contributed by atoms with Crippen molar-refractivity contribution in [2.45, 2.75) is 57.9 Å². The van der Waals surface area contributed by atoms with Gasteiger partial charge in [-0.3, -0.25) is 4.79 Å². The first-order valence-corrected chi connectivity index (χ1v) is 10.2. The predicted molar refractivity (Wildman–Crippen MR) is 106 cm³/mol. The van der Waals surface area contributed by atoms with E-state index in [1.54, 1.807) is 0 Å². The molecule has 0 radical (unpaired) electrons. The van der Waals surface area contributed by atoms with Gasteiger partial charge >= 0.3 is 5.97 Å². The molecule has 29 heavy (non-hydrogen) atoms. The van der Waals surface area contributed by atoms with Gasteiger partial charge in [0.2, 0.25) is 0 Å². The zero-order valence-corrected chi connectivity index (χ0v) is 17.1. The maximum Gasteiger partial charge on any atom is 0.344 e. The van der Waals surface area contributed by atoms with Crippen molar-refractivity contribution in [3.05, 3.63) is 40.4 Å². The number of nitrogens with one attached hydrogen (secondary N) is 1. The fraction of sp³-hybridized carbons (Fsp3) is 0.476. The lowest BCUT2D eigenvalue weighted by molar-refractivity contribution is -0.125. The molecule has 6 nitrogen and oxygen atoms in total. The number of benzene rings is 1. The van der Waals surface area contributed by atoms with Gasteiger partial charge in [-0.2, -0.15) is 0 Å². The normalized spacial score (nSPS) is 15.4. The molecule has 1 aliphatic rings. The van der Waals surface area contributed by atoms with Gasteiger partial charge in [0.25, 0.3) is 5.91 Å². The molecule has 0 unspecified atom stereocenters. The molecule has 1 aromatic heterocycles. The lowest BCUT2D eigenvalue weighted by atomic mass is 9.97. The molecule has 0 atom stereocenters. The van der Waals surface area contributed by atoms with E-state index in [2.05, 4.69) is 10.5 Å². The number of hydrogen-bond acceptors (Lipinski definition) is 5. The molecule has 0 bridgehead atoms. The number of aryl methyl sites for hydroxylation is 1. The Hall–Kier alpha value is -2.41. The minimum Gasteiger partial charge on any atom is -0.452 e. The molecule has 1 heterocycles. The molecular weight excluding hydrogens is 399 g/mol. The minimum absolute atomic E-state index is 0.0445. The first-order valence-electron chi connectivity index (χ1n) is 9.84. The quantitative estimate of drug-likeness (QED) is 0.698. The second-order valence-corrected chi connectivity index (χ2v) is 7.65. The molecule has 0 aliphatic heterocycles. The van der Waals surface area contributed by atoms with E-state index in [4.69, 9.17) is 20.9 Å². The molecular formula is C21H24ClFN2O4. The maximum atomic E-state index is 14.2. The summed E-state index contributed by atoms with van der Waals surface area (Å²) in [5, 5.41) is 6.79. The van der Waals surface area contributed by atoms with E-state index >= 15 is 0 Å². The molecule has 3 rings (SSSR count). The molecule has 1 N–H and O–H groups in total. The number of aromatic nitrogens is 1. The largest absolute Gasteiger partial charge is 0.452 e. The van der Waals surface area contributed by atoms with Gasteiger partial charge in [0.05, 0.1) is 10.6 Å². The lowest BCUT2D eigenvalue weighted by Crippen LogP contribution is -2.38. The zero-order chi connectivity index (χ0) is 20.8. The monoisotopic (exact) mass is 422 g/mol. The molecule has 156 valence electrons. The van der Waals surface area contributed by atoms with Crippen LogP contribution < -0.4 is 5.32 Å². The van der Waals surface area contributed by atoms with E-state index in [0.29, 0.717) is 0 Å². The van der Waals surface area contributed by atoms with E-state index in [1.807, 2.05) is 0 Å². The molecule has 8 heteroatoms. The number of carbonyl (C=O) groups is 2. The minimum atomic E-state index is -0.814. The summed E-state index contributed by atoms with van der Waals surface area (Å²) in [5.41, 5.74) is -0.135. The zero-order valence-electron chi connectivity index (χ0n) is 16.3. The third kappa shape index (κ3) is 5.35. The van der Waals surface area contributed by atoms with Crippen LogP contribution in [-0.2, 0) is 9.53 Å². The number of ether oxygens (including phenoxy) is 1. The molecule has 1 saturated carbocycles. The smallest absolute Gasteiger partial charge is 0.344 e. The van der Waals surface area contributed by atoms with Gasteiger partial charge in [-0.25, -0.2) is 9.18 Å². The Morgan fingerprint density at radius 1 is 1.24 bits per heavy atom. The molecule has 0 saturated heterocycles. The van der Waals surface area contributed by atoms with Gasteiger partial charge < -0.3 is 14.6 Å². The number of carbonyl (C=O) groups excluding carboxylic acids is 2. The highest BCUT2D eigenvalue weighted by atomic mass is 35.5. The summed E-state index contributed by atoms with van der Waals surface area (Å²) in [4.78, 5) is 24.8. The Balaban J connectivity index is 1.65. The molecule has 1 amide bonds. The van der Waals surface area contributed by atoms with Gasteiger partial charge in [-0.05, 0) is 31.9 Å². The van der Waals surface area contributed by atoms with Crippen LogP contribution in [0.25, 0.3) is 11.3 Å². The fourth-order valence-electron chi connectivity index (χ4n) is 3.58. The maximum absolute atomic E-state index is 14.2. The summed E-state index contributed by atoms with van der Waals surface area (Å²) in [6, 6.07) is 4.25. The van der Waals surface area contributed by atoms with Crippen LogP contribution in [0.3, 0.4) is 0 Å². The van der Waals surface area contributed by atoms with Crippen molar-refractivity contribution in [2.75, 3.05) is 6.61 Å². The number of amides is 1. The topological polar surface area (TPSA) is 81.4 Å². The molecule has 1 fully saturated rings. The summed E-state index contributed by atoms with van der Waals surface area (Å²) in [5.74, 6) is -1.65. The Morgan fingerprint density at radius 3 is 2.62 bits per heavy atom. The highest BCUT2D eigenvalue weighted by Crippen LogP contribution is 2.33.